The fraction of sp³-hybridized carbons (Fsp3) is 0.300. The molecule has 26 heavy (non-hydrogen) atoms. The Hall–Kier alpha value is -3.02. The van der Waals surface area contributed by atoms with E-state index < -0.39 is 5.91 Å². The van der Waals surface area contributed by atoms with Gasteiger partial charge in [-0.1, -0.05) is 18.2 Å². The molecule has 6 nitrogen and oxygen atoms in total. The lowest BCUT2D eigenvalue weighted by Gasteiger charge is -2.36. The van der Waals surface area contributed by atoms with Crippen LogP contribution < -0.4 is 15.4 Å². The first kappa shape index (κ1) is 17.8. The van der Waals surface area contributed by atoms with Gasteiger partial charge in [-0.2, -0.15) is 0 Å². The van der Waals surface area contributed by atoms with Crippen molar-refractivity contribution in [3.63, 3.8) is 0 Å². The summed E-state index contributed by atoms with van der Waals surface area (Å²) in [5.74, 6) is -0.111. The maximum atomic E-state index is 12.7. The highest BCUT2D eigenvalue weighted by molar-refractivity contribution is 5.94. The van der Waals surface area contributed by atoms with E-state index in [-0.39, 0.29) is 12.5 Å². The Kier molecular flexibility index (Phi) is 5.41. The minimum Gasteiger partial charge on any atom is -0.484 e. The molecule has 0 saturated carbocycles. The standard InChI is InChI=1S/C20H23N3O3/c1-15-4-2-6-17(12-15)22-8-10-23(11-9-22)20(25)16-5-3-7-18(13-16)26-14-19(21)24/h2-7,12-13H,8-11,14H2,1H3,(H2,21,24). The van der Waals surface area contributed by atoms with Crippen molar-refractivity contribution in [2.75, 3.05) is 37.7 Å². The van der Waals surface area contributed by atoms with E-state index in [0.717, 1.165) is 13.1 Å². The third-order valence-corrected chi connectivity index (χ3v) is 4.40. The molecule has 2 aromatic carbocycles. The van der Waals surface area contributed by atoms with Crippen molar-refractivity contribution in [3.05, 3.63) is 59.7 Å². The first-order valence-electron chi connectivity index (χ1n) is 8.65. The van der Waals surface area contributed by atoms with Crippen LogP contribution in [0.15, 0.2) is 48.5 Å². The van der Waals surface area contributed by atoms with Crippen LogP contribution in [-0.2, 0) is 4.79 Å². The second kappa shape index (κ2) is 7.91. The van der Waals surface area contributed by atoms with Crippen molar-refractivity contribution in [1.82, 2.24) is 4.90 Å². The molecule has 2 N–H and O–H groups in total. The molecule has 1 heterocycles. The van der Waals surface area contributed by atoms with Gasteiger partial charge in [-0.05, 0) is 42.8 Å². The summed E-state index contributed by atoms with van der Waals surface area (Å²) in [5, 5.41) is 0. The minimum atomic E-state index is -0.547. The van der Waals surface area contributed by atoms with Gasteiger partial charge >= 0.3 is 0 Å². The van der Waals surface area contributed by atoms with E-state index in [2.05, 4.69) is 36.1 Å². The smallest absolute Gasteiger partial charge is 0.255 e. The number of nitrogens with two attached hydrogens (primary N) is 1. The quantitative estimate of drug-likeness (QED) is 0.890. The molecule has 0 unspecified atom stereocenters. The largest absolute Gasteiger partial charge is 0.484 e. The lowest BCUT2D eigenvalue weighted by atomic mass is 10.1. The van der Waals surface area contributed by atoms with Gasteiger partial charge < -0.3 is 20.3 Å². The Morgan fingerprint density at radius 3 is 2.46 bits per heavy atom. The lowest BCUT2D eigenvalue weighted by molar-refractivity contribution is -0.119. The number of aryl methyl sites for hydroxylation is 1. The molecule has 0 bridgehead atoms. The molecular weight excluding hydrogens is 330 g/mol. The molecule has 0 atom stereocenters. The maximum Gasteiger partial charge on any atom is 0.255 e. The van der Waals surface area contributed by atoms with Gasteiger partial charge in [0.25, 0.3) is 11.8 Å². The zero-order chi connectivity index (χ0) is 18.5. The Balaban J connectivity index is 1.61. The van der Waals surface area contributed by atoms with Crippen LogP contribution in [-0.4, -0.2) is 49.5 Å². The molecule has 0 aromatic heterocycles. The minimum absolute atomic E-state index is 0.0292. The number of carbonyl (C=O) groups is 2. The Bertz CT molecular complexity index is 798. The highest BCUT2D eigenvalue weighted by Gasteiger charge is 2.22. The second-order valence-corrected chi connectivity index (χ2v) is 6.40. The van der Waals surface area contributed by atoms with Crippen LogP contribution in [0.3, 0.4) is 0 Å². The fourth-order valence-corrected chi connectivity index (χ4v) is 3.05. The van der Waals surface area contributed by atoms with Gasteiger partial charge in [0.2, 0.25) is 0 Å². The SMILES string of the molecule is Cc1cccc(N2CCN(C(=O)c3cccc(OCC(N)=O)c3)CC2)c1. The summed E-state index contributed by atoms with van der Waals surface area (Å²) in [5.41, 5.74) is 8.06. The third-order valence-electron chi connectivity index (χ3n) is 4.40. The normalized spacial score (nSPS) is 14.2. The van der Waals surface area contributed by atoms with E-state index in [1.165, 1.54) is 11.3 Å². The highest BCUT2D eigenvalue weighted by Crippen LogP contribution is 2.20. The van der Waals surface area contributed by atoms with E-state index in [9.17, 15) is 9.59 Å². The molecule has 1 fully saturated rings. The van der Waals surface area contributed by atoms with Crippen LogP contribution in [0.5, 0.6) is 5.75 Å². The first-order chi connectivity index (χ1) is 12.5. The van der Waals surface area contributed by atoms with Crippen LogP contribution in [0.25, 0.3) is 0 Å². The van der Waals surface area contributed by atoms with E-state index in [4.69, 9.17) is 10.5 Å². The summed E-state index contributed by atoms with van der Waals surface area (Å²) in [6, 6.07) is 15.3. The summed E-state index contributed by atoms with van der Waals surface area (Å²) in [6.07, 6.45) is 0. The van der Waals surface area contributed by atoms with Crippen LogP contribution in [0.2, 0.25) is 0 Å². The number of amides is 2. The number of hydrogen-bond acceptors (Lipinski definition) is 4. The number of carbonyl (C=O) groups excluding carboxylic acids is 2. The number of nitrogens with zero attached hydrogens (tertiary/aromatic N) is 2. The molecule has 0 spiro atoms. The summed E-state index contributed by atoms with van der Waals surface area (Å²) >= 11 is 0. The number of rotatable bonds is 5. The summed E-state index contributed by atoms with van der Waals surface area (Å²) in [6.45, 7) is 4.81. The van der Waals surface area contributed by atoms with Crippen molar-refractivity contribution in [3.8, 4) is 5.75 Å². The third kappa shape index (κ3) is 4.33. The van der Waals surface area contributed by atoms with E-state index in [0.29, 0.717) is 24.4 Å². The molecule has 1 aliphatic heterocycles. The second-order valence-electron chi connectivity index (χ2n) is 6.40. The number of primary amides is 1. The number of ether oxygens (including phenoxy) is 1. The summed E-state index contributed by atoms with van der Waals surface area (Å²) < 4.78 is 5.28. The van der Waals surface area contributed by atoms with Gasteiger partial charge in [-0.25, -0.2) is 0 Å². The molecule has 1 aliphatic rings. The molecule has 3 rings (SSSR count). The van der Waals surface area contributed by atoms with Crippen molar-refractivity contribution in [1.29, 1.82) is 0 Å². The number of piperazine rings is 1. The Morgan fingerprint density at radius 2 is 1.77 bits per heavy atom. The molecular formula is C20H23N3O3. The number of anilines is 1. The summed E-state index contributed by atoms with van der Waals surface area (Å²) in [4.78, 5) is 27.7. The van der Waals surface area contributed by atoms with Crippen LogP contribution in [0.1, 0.15) is 15.9 Å². The monoisotopic (exact) mass is 353 g/mol. The van der Waals surface area contributed by atoms with Crippen LogP contribution >= 0.6 is 0 Å². The van der Waals surface area contributed by atoms with Gasteiger partial charge in [0.05, 0.1) is 0 Å². The van der Waals surface area contributed by atoms with Gasteiger partial charge in [0.15, 0.2) is 6.61 Å². The zero-order valence-corrected chi connectivity index (χ0v) is 14.9. The van der Waals surface area contributed by atoms with Crippen molar-refractivity contribution in [2.45, 2.75) is 6.92 Å². The predicted molar refractivity (Wildman–Crippen MR) is 100 cm³/mol. The van der Waals surface area contributed by atoms with E-state index in [1.54, 1.807) is 24.3 Å². The Morgan fingerprint density at radius 1 is 1.04 bits per heavy atom. The molecule has 2 aromatic rings. The first-order valence-corrected chi connectivity index (χ1v) is 8.65. The average molecular weight is 353 g/mol. The maximum absolute atomic E-state index is 12.7. The number of hydrogen-bond donors (Lipinski definition) is 1. The molecule has 136 valence electrons. The molecule has 0 radical (unpaired) electrons. The van der Waals surface area contributed by atoms with Gasteiger partial charge in [0.1, 0.15) is 5.75 Å². The van der Waals surface area contributed by atoms with Crippen LogP contribution in [0, 0.1) is 6.92 Å². The van der Waals surface area contributed by atoms with Gasteiger partial charge in [0, 0.05) is 37.4 Å². The molecule has 6 heteroatoms. The highest BCUT2D eigenvalue weighted by atomic mass is 16.5. The average Bonchev–Trinajstić information content (AvgIpc) is 2.66. The van der Waals surface area contributed by atoms with Crippen molar-refractivity contribution in [2.24, 2.45) is 5.73 Å². The zero-order valence-electron chi connectivity index (χ0n) is 14.9. The van der Waals surface area contributed by atoms with E-state index >= 15 is 0 Å². The topological polar surface area (TPSA) is 75.9 Å². The van der Waals surface area contributed by atoms with Crippen molar-refractivity contribution >= 4 is 17.5 Å². The number of benzene rings is 2. The fourth-order valence-electron chi connectivity index (χ4n) is 3.05. The van der Waals surface area contributed by atoms with Gasteiger partial charge in [-0.3, -0.25) is 9.59 Å². The van der Waals surface area contributed by atoms with Crippen molar-refractivity contribution < 1.29 is 14.3 Å². The predicted octanol–water partition coefficient (Wildman–Crippen LogP) is 1.82. The summed E-state index contributed by atoms with van der Waals surface area (Å²) in [7, 11) is 0. The van der Waals surface area contributed by atoms with Gasteiger partial charge in [-0.15, -0.1) is 0 Å². The van der Waals surface area contributed by atoms with Crippen LogP contribution in [0.4, 0.5) is 5.69 Å². The molecule has 0 aliphatic carbocycles. The molecule has 1 saturated heterocycles. The van der Waals surface area contributed by atoms with E-state index in [1.807, 2.05) is 4.90 Å². The lowest BCUT2D eigenvalue weighted by Crippen LogP contribution is -2.48. The molecule has 2 amide bonds. The Labute approximate surface area is 153 Å².